The largest absolute Gasteiger partial charge is 0.383 e. The lowest BCUT2D eigenvalue weighted by Crippen LogP contribution is -2.02. The third kappa shape index (κ3) is 1.73. The summed E-state index contributed by atoms with van der Waals surface area (Å²) in [5, 5.41) is 6.35. The van der Waals surface area contributed by atoms with E-state index in [1.54, 1.807) is 4.52 Å². The van der Waals surface area contributed by atoms with Crippen molar-refractivity contribution >= 4 is 22.1 Å². The standard InChI is InChI=1S/C14H14N4S/c15-12-8-19-14-16-13(17-18(12)14)11-6-5-9-3-1-2-4-10(9)7-11/h5-8H,1-4,15H2. The average Bonchev–Trinajstić information content (AvgIpc) is 3.01. The van der Waals surface area contributed by atoms with Gasteiger partial charge in [0.2, 0.25) is 4.96 Å². The van der Waals surface area contributed by atoms with E-state index < -0.39 is 0 Å². The lowest BCUT2D eigenvalue weighted by molar-refractivity contribution is 0.686. The van der Waals surface area contributed by atoms with E-state index in [1.807, 2.05) is 5.38 Å². The maximum Gasteiger partial charge on any atom is 0.214 e. The van der Waals surface area contributed by atoms with Crippen LogP contribution in [0, 0.1) is 0 Å². The zero-order valence-corrected chi connectivity index (χ0v) is 11.3. The van der Waals surface area contributed by atoms with Crippen LogP contribution in [0.2, 0.25) is 0 Å². The maximum atomic E-state index is 5.85. The first kappa shape index (κ1) is 11.0. The van der Waals surface area contributed by atoms with Crippen LogP contribution < -0.4 is 5.73 Å². The van der Waals surface area contributed by atoms with Gasteiger partial charge in [-0.15, -0.1) is 16.4 Å². The quantitative estimate of drug-likeness (QED) is 0.739. The highest BCUT2D eigenvalue weighted by molar-refractivity contribution is 7.15. The van der Waals surface area contributed by atoms with Gasteiger partial charge in [0.1, 0.15) is 5.82 Å². The van der Waals surface area contributed by atoms with Crippen LogP contribution in [0.25, 0.3) is 16.3 Å². The van der Waals surface area contributed by atoms with Crippen molar-refractivity contribution < 1.29 is 0 Å². The van der Waals surface area contributed by atoms with Gasteiger partial charge in [-0.1, -0.05) is 12.1 Å². The third-order valence-corrected chi connectivity index (χ3v) is 4.55. The molecule has 1 aliphatic rings. The summed E-state index contributed by atoms with van der Waals surface area (Å²) in [5.41, 5.74) is 9.88. The van der Waals surface area contributed by atoms with Crippen LogP contribution in [0.1, 0.15) is 24.0 Å². The van der Waals surface area contributed by atoms with Crippen LogP contribution in [0.3, 0.4) is 0 Å². The van der Waals surface area contributed by atoms with Crippen LogP contribution in [-0.4, -0.2) is 14.6 Å². The van der Waals surface area contributed by atoms with Crippen molar-refractivity contribution in [3.63, 3.8) is 0 Å². The minimum absolute atomic E-state index is 0.650. The van der Waals surface area contributed by atoms with Crippen LogP contribution >= 0.6 is 11.3 Å². The molecule has 5 heteroatoms. The van der Waals surface area contributed by atoms with Crippen molar-refractivity contribution in [2.75, 3.05) is 5.73 Å². The number of aromatic nitrogens is 3. The number of nitrogens with zero attached hydrogens (tertiary/aromatic N) is 3. The van der Waals surface area contributed by atoms with Gasteiger partial charge in [0.15, 0.2) is 5.82 Å². The lowest BCUT2D eigenvalue weighted by atomic mass is 9.90. The van der Waals surface area contributed by atoms with E-state index in [1.165, 1.54) is 48.1 Å². The van der Waals surface area contributed by atoms with Crippen molar-refractivity contribution in [3.05, 3.63) is 34.7 Å². The van der Waals surface area contributed by atoms with E-state index in [0.29, 0.717) is 5.82 Å². The summed E-state index contributed by atoms with van der Waals surface area (Å²) in [7, 11) is 0. The molecule has 0 spiro atoms. The number of hydrogen-bond donors (Lipinski definition) is 1. The Kier molecular flexibility index (Phi) is 2.35. The molecular formula is C14H14N4S. The topological polar surface area (TPSA) is 56.2 Å². The van der Waals surface area contributed by atoms with Gasteiger partial charge in [-0.05, 0) is 42.9 Å². The van der Waals surface area contributed by atoms with E-state index in [2.05, 4.69) is 28.3 Å². The minimum Gasteiger partial charge on any atom is -0.383 e. The molecule has 0 unspecified atom stereocenters. The van der Waals surface area contributed by atoms with Crippen molar-refractivity contribution in [2.45, 2.75) is 25.7 Å². The number of fused-ring (bicyclic) bond motifs is 2. The summed E-state index contributed by atoms with van der Waals surface area (Å²) in [6.07, 6.45) is 4.97. The van der Waals surface area contributed by atoms with Crippen LogP contribution in [0.15, 0.2) is 23.6 Å². The fraction of sp³-hybridized carbons (Fsp3) is 0.286. The summed E-state index contributed by atoms with van der Waals surface area (Å²) in [6, 6.07) is 6.59. The molecule has 2 heterocycles. The number of rotatable bonds is 1. The predicted octanol–water partition coefficient (Wildman–Crippen LogP) is 2.92. The van der Waals surface area contributed by atoms with Gasteiger partial charge in [-0.2, -0.15) is 9.50 Å². The molecule has 0 aliphatic heterocycles. The van der Waals surface area contributed by atoms with Crippen LogP contribution in [0.5, 0.6) is 0 Å². The molecule has 0 saturated carbocycles. The first-order valence-corrected chi connectivity index (χ1v) is 7.41. The lowest BCUT2D eigenvalue weighted by Gasteiger charge is -2.15. The molecule has 2 aromatic heterocycles. The summed E-state index contributed by atoms with van der Waals surface area (Å²) >= 11 is 1.52. The second-order valence-corrected chi connectivity index (χ2v) is 5.82. The summed E-state index contributed by atoms with van der Waals surface area (Å²) in [4.78, 5) is 5.40. The molecule has 0 saturated heterocycles. The van der Waals surface area contributed by atoms with E-state index in [-0.39, 0.29) is 0 Å². The minimum atomic E-state index is 0.650. The van der Waals surface area contributed by atoms with Crippen molar-refractivity contribution in [3.8, 4) is 11.4 Å². The summed E-state index contributed by atoms with van der Waals surface area (Å²) < 4.78 is 1.71. The fourth-order valence-corrected chi connectivity index (χ4v) is 3.41. The Balaban J connectivity index is 1.82. The zero-order chi connectivity index (χ0) is 12.8. The summed E-state index contributed by atoms with van der Waals surface area (Å²) in [5.74, 6) is 1.42. The molecule has 2 N–H and O–H groups in total. The van der Waals surface area contributed by atoms with Gasteiger partial charge in [0.25, 0.3) is 0 Å². The number of benzene rings is 1. The zero-order valence-electron chi connectivity index (χ0n) is 10.5. The van der Waals surface area contributed by atoms with Crippen molar-refractivity contribution in [1.29, 1.82) is 0 Å². The molecule has 0 atom stereocenters. The van der Waals surface area contributed by atoms with Crippen LogP contribution in [-0.2, 0) is 12.8 Å². The molecule has 0 radical (unpaired) electrons. The number of aryl methyl sites for hydroxylation is 2. The number of anilines is 1. The molecule has 1 aliphatic carbocycles. The van der Waals surface area contributed by atoms with E-state index in [9.17, 15) is 0 Å². The molecule has 4 nitrogen and oxygen atoms in total. The second kappa shape index (κ2) is 4.06. The smallest absolute Gasteiger partial charge is 0.214 e. The van der Waals surface area contributed by atoms with Crippen molar-refractivity contribution in [2.24, 2.45) is 0 Å². The molecule has 19 heavy (non-hydrogen) atoms. The second-order valence-electron chi connectivity index (χ2n) is 4.98. The highest BCUT2D eigenvalue weighted by Crippen LogP contribution is 2.27. The number of nitrogens with two attached hydrogens (primary N) is 1. The normalized spacial score (nSPS) is 14.7. The monoisotopic (exact) mass is 270 g/mol. The highest BCUT2D eigenvalue weighted by atomic mass is 32.1. The predicted molar refractivity (Wildman–Crippen MR) is 77.4 cm³/mol. The number of hydrogen-bond acceptors (Lipinski definition) is 4. The third-order valence-electron chi connectivity index (χ3n) is 3.71. The SMILES string of the molecule is Nc1csc2nc(-c3ccc4c(c3)CCCC4)nn12. The molecule has 0 bridgehead atoms. The van der Waals surface area contributed by atoms with Gasteiger partial charge in [0, 0.05) is 10.9 Å². The Hall–Kier alpha value is -1.88. The van der Waals surface area contributed by atoms with E-state index >= 15 is 0 Å². The molecule has 96 valence electrons. The summed E-state index contributed by atoms with van der Waals surface area (Å²) in [6.45, 7) is 0. The number of thiazole rings is 1. The molecule has 4 rings (SSSR count). The Labute approximate surface area is 114 Å². The molecule has 1 aromatic carbocycles. The molecular weight excluding hydrogens is 256 g/mol. The van der Waals surface area contributed by atoms with Gasteiger partial charge in [-0.25, -0.2) is 0 Å². The Morgan fingerprint density at radius 2 is 2.00 bits per heavy atom. The average molecular weight is 270 g/mol. The van der Waals surface area contributed by atoms with E-state index in [4.69, 9.17) is 5.73 Å². The maximum absolute atomic E-state index is 5.85. The highest BCUT2D eigenvalue weighted by Gasteiger charge is 2.13. The van der Waals surface area contributed by atoms with Gasteiger partial charge in [-0.3, -0.25) is 0 Å². The van der Waals surface area contributed by atoms with Crippen LogP contribution in [0.4, 0.5) is 5.82 Å². The Morgan fingerprint density at radius 3 is 2.84 bits per heavy atom. The van der Waals surface area contributed by atoms with Gasteiger partial charge in [0.05, 0.1) is 0 Å². The number of nitrogen functional groups attached to an aromatic ring is 1. The first-order chi connectivity index (χ1) is 9.31. The first-order valence-electron chi connectivity index (χ1n) is 6.53. The molecule has 3 aromatic rings. The van der Waals surface area contributed by atoms with E-state index in [0.717, 1.165) is 16.3 Å². The van der Waals surface area contributed by atoms with Gasteiger partial charge >= 0.3 is 0 Å². The molecule has 0 fully saturated rings. The fourth-order valence-electron chi connectivity index (χ4n) is 2.70. The van der Waals surface area contributed by atoms with Gasteiger partial charge < -0.3 is 5.73 Å². The Bertz CT molecular complexity index is 756. The van der Waals surface area contributed by atoms with Crippen molar-refractivity contribution in [1.82, 2.24) is 14.6 Å². The Morgan fingerprint density at radius 1 is 1.16 bits per heavy atom. The molecule has 0 amide bonds.